The molecule has 0 aliphatic carbocycles. The first-order valence-corrected chi connectivity index (χ1v) is 6.25. The van der Waals surface area contributed by atoms with Crippen molar-refractivity contribution in [1.82, 2.24) is 9.97 Å². The Morgan fingerprint density at radius 3 is 2.94 bits per heavy atom. The van der Waals surface area contributed by atoms with Crippen LogP contribution >= 0.6 is 11.3 Å². The molecule has 0 aliphatic rings. The van der Waals surface area contributed by atoms with Crippen molar-refractivity contribution >= 4 is 42.5 Å². The highest BCUT2D eigenvalue weighted by Crippen LogP contribution is 2.33. The number of rotatable bonds is 0. The summed E-state index contributed by atoms with van der Waals surface area (Å²) < 4.78 is 1.25. The maximum absolute atomic E-state index is 4.71. The maximum Gasteiger partial charge on any atom is 0.125 e. The zero-order valence-electron chi connectivity index (χ0n) is 8.92. The normalized spacial score (nSPS) is 11.5. The van der Waals surface area contributed by atoms with Crippen LogP contribution in [-0.2, 0) is 0 Å². The molecule has 0 saturated heterocycles. The highest BCUT2D eigenvalue weighted by atomic mass is 32.1. The number of hydrogen-bond donors (Lipinski definition) is 0. The summed E-state index contributed by atoms with van der Waals surface area (Å²) in [4.78, 5) is 9.99. The minimum Gasteiger partial charge on any atom is -0.264 e. The summed E-state index contributed by atoms with van der Waals surface area (Å²) in [5.41, 5.74) is 1.06. The Kier molecular flexibility index (Phi) is 1.73. The summed E-state index contributed by atoms with van der Waals surface area (Å²) in [6.07, 6.45) is 3.75. The first-order valence-electron chi connectivity index (χ1n) is 5.44. The highest BCUT2D eigenvalue weighted by Gasteiger charge is 2.06. The number of para-hydroxylation sites is 1. The van der Waals surface area contributed by atoms with Crippen molar-refractivity contribution < 1.29 is 0 Å². The molecule has 2 nitrogen and oxygen atoms in total. The summed E-state index contributed by atoms with van der Waals surface area (Å²) in [6, 6.07) is 12.5. The third kappa shape index (κ3) is 1.26. The largest absolute Gasteiger partial charge is 0.264 e. The lowest BCUT2D eigenvalue weighted by Crippen LogP contribution is -1.77. The number of benzene rings is 1. The van der Waals surface area contributed by atoms with Crippen LogP contribution < -0.4 is 0 Å². The average molecular weight is 236 g/mol. The van der Waals surface area contributed by atoms with Crippen LogP contribution in [-0.4, -0.2) is 9.97 Å². The first-order chi connectivity index (χ1) is 8.42. The van der Waals surface area contributed by atoms with E-state index in [0.29, 0.717) is 0 Å². The smallest absolute Gasteiger partial charge is 0.125 e. The topological polar surface area (TPSA) is 25.8 Å². The van der Waals surface area contributed by atoms with E-state index in [-0.39, 0.29) is 0 Å². The van der Waals surface area contributed by atoms with Gasteiger partial charge in [-0.05, 0) is 18.2 Å². The van der Waals surface area contributed by atoms with E-state index in [1.165, 1.54) is 20.9 Å². The standard InChI is InChI=1S/C14H8N2S/c1-2-4-12-9(3-1)7-10-11-8-15-6-5-13(11)17-14(10)16-12/h1-8H. The molecule has 4 rings (SSSR count). The van der Waals surface area contributed by atoms with Gasteiger partial charge in [0.25, 0.3) is 0 Å². The summed E-state index contributed by atoms with van der Waals surface area (Å²) in [7, 11) is 0. The summed E-state index contributed by atoms with van der Waals surface area (Å²) in [5, 5.41) is 3.59. The van der Waals surface area contributed by atoms with Crippen molar-refractivity contribution in [2.75, 3.05) is 0 Å². The van der Waals surface area contributed by atoms with Gasteiger partial charge in [-0.3, -0.25) is 4.98 Å². The monoisotopic (exact) mass is 236 g/mol. The van der Waals surface area contributed by atoms with E-state index in [2.05, 4.69) is 23.2 Å². The van der Waals surface area contributed by atoms with Crippen molar-refractivity contribution in [3.05, 3.63) is 48.8 Å². The third-order valence-corrected chi connectivity index (χ3v) is 4.05. The van der Waals surface area contributed by atoms with Crippen molar-refractivity contribution in [3.8, 4) is 0 Å². The number of pyridine rings is 2. The van der Waals surface area contributed by atoms with Gasteiger partial charge in [0, 0.05) is 33.3 Å². The van der Waals surface area contributed by atoms with E-state index in [1.807, 2.05) is 30.6 Å². The van der Waals surface area contributed by atoms with Crippen LogP contribution in [0.25, 0.3) is 31.2 Å². The Hall–Kier alpha value is -2.00. The minimum absolute atomic E-state index is 1.06. The van der Waals surface area contributed by atoms with Gasteiger partial charge in [0.05, 0.1) is 5.52 Å². The maximum atomic E-state index is 4.71. The number of aromatic nitrogens is 2. The summed E-state index contributed by atoms with van der Waals surface area (Å²) in [5.74, 6) is 0. The Bertz CT molecular complexity index is 842. The van der Waals surface area contributed by atoms with Crippen LogP contribution in [0.15, 0.2) is 48.8 Å². The van der Waals surface area contributed by atoms with Crippen LogP contribution in [0, 0.1) is 0 Å². The molecule has 0 saturated carbocycles. The van der Waals surface area contributed by atoms with Crippen LogP contribution in [0.1, 0.15) is 0 Å². The molecular formula is C14H8N2S. The summed E-state index contributed by atoms with van der Waals surface area (Å²) >= 11 is 1.73. The van der Waals surface area contributed by atoms with Crippen LogP contribution in [0.2, 0.25) is 0 Å². The fourth-order valence-corrected chi connectivity index (χ4v) is 3.18. The quantitative estimate of drug-likeness (QED) is 0.461. The van der Waals surface area contributed by atoms with E-state index in [9.17, 15) is 0 Å². The Morgan fingerprint density at radius 1 is 1.00 bits per heavy atom. The molecule has 0 amide bonds. The van der Waals surface area contributed by atoms with Crippen LogP contribution in [0.3, 0.4) is 0 Å². The molecule has 0 spiro atoms. The molecule has 0 radical (unpaired) electrons. The molecule has 3 heteroatoms. The molecule has 4 aromatic rings. The molecule has 0 bridgehead atoms. The fourth-order valence-electron chi connectivity index (χ4n) is 2.15. The van der Waals surface area contributed by atoms with Gasteiger partial charge in [-0.25, -0.2) is 4.98 Å². The van der Waals surface area contributed by atoms with Gasteiger partial charge in [-0.1, -0.05) is 18.2 Å². The van der Waals surface area contributed by atoms with Crippen molar-refractivity contribution in [3.63, 3.8) is 0 Å². The lowest BCUT2D eigenvalue weighted by atomic mass is 10.1. The van der Waals surface area contributed by atoms with E-state index in [1.54, 1.807) is 11.3 Å². The highest BCUT2D eigenvalue weighted by molar-refractivity contribution is 7.25. The first kappa shape index (κ1) is 9.07. The second-order valence-corrected chi connectivity index (χ2v) is 5.04. The molecule has 0 atom stereocenters. The number of fused-ring (bicyclic) bond motifs is 4. The Morgan fingerprint density at radius 2 is 1.94 bits per heavy atom. The van der Waals surface area contributed by atoms with Crippen molar-refractivity contribution in [2.24, 2.45) is 0 Å². The van der Waals surface area contributed by atoms with Gasteiger partial charge in [0.1, 0.15) is 4.83 Å². The number of hydrogen-bond acceptors (Lipinski definition) is 3. The number of nitrogens with zero attached hydrogens (tertiary/aromatic N) is 2. The minimum atomic E-state index is 1.06. The van der Waals surface area contributed by atoms with E-state index >= 15 is 0 Å². The van der Waals surface area contributed by atoms with Gasteiger partial charge < -0.3 is 0 Å². The predicted molar refractivity (Wildman–Crippen MR) is 72.4 cm³/mol. The van der Waals surface area contributed by atoms with Crippen LogP contribution in [0.5, 0.6) is 0 Å². The SMILES string of the molecule is c1ccc2nc3sc4ccncc4c3cc2c1. The van der Waals surface area contributed by atoms with Gasteiger partial charge in [-0.2, -0.15) is 0 Å². The van der Waals surface area contributed by atoms with Gasteiger partial charge in [0.2, 0.25) is 0 Å². The zero-order valence-corrected chi connectivity index (χ0v) is 9.74. The number of thiophene rings is 1. The predicted octanol–water partition coefficient (Wildman–Crippen LogP) is 4.00. The summed E-state index contributed by atoms with van der Waals surface area (Å²) in [6.45, 7) is 0. The molecular weight excluding hydrogens is 228 g/mol. The van der Waals surface area contributed by atoms with E-state index in [0.717, 1.165) is 10.3 Å². The molecule has 0 fully saturated rings. The fraction of sp³-hybridized carbons (Fsp3) is 0. The van der Waals surface area contributed by atoms with Crippen molar-refractivity contribution in [1.29, 1.82) is 0 Å². The Labute approximate surface area is 102 Å². The van der Waals surface area contributed by atoms with Gasteiger partial charge in [-0.15, -0.1) is 11.3 Å². The molecule has 0 aliphatic heterocycles. The third-order valence-electron chi connectivity index (χ3n) is 2.97. The molecule has 0 N–H and O–H groups in total. The molecule has 1 aromatic carbocycles. The Balaban J connectivity index is 2.28. The van der Waals surface area contributed by atoms with Gasteiger partial charge in [0.15, 0.2) is 0 Å². The lowest BCUT2D eigenvalue weighted by molar-refractivity contribution is 1.37. The second kappa shape index (κ2) is 3.25. The average Bonchev–Trinajstić information content (AvgIpc) is 2.73. The molecule has 3 heterocycles. The zero-order chi connectivity index (χ0) is 11.2. The van der Waals surface area contributed by atoms with Crippen LogP contribution in [0.4, 0.5) is 0 Å². The van der Waals surface area contributed by atoms with Crippen molar-refractivity contribution in [2.45, 2.75) is 0 Å². The van der Waals surface area contributed by atoms with Gasteiger partial charge >= 0.3 is 0 Å². The second-order valence-electron chi connectivity index (χ2n) is 4.01. The molecule has 80 valence electrons. The lowest BCUT2D eigenvalue weighted by Gasteiger charge is -1.96. The van der Waals surface area contributed by atoms with E-state index < -0.39 is 0 Å². The molecule has 0 unspecified atom stereocenters. The molecule has 17 heavy (non-hydrogen) atoms. The molecule has 3 aromatic heterocycles. The van der Waals surface area contributed by atoms with E-state index in [4.69, 9.17) is 4.98 Å².